The molecule has 3 nitrogen and oxygen atoms in total. The molecule has 0 heterocycles. The van der Waals surface area contributed by atoms with Gasteiger partial charge in [-0.1, -0.05) is 38.8 Å². The first-order valence-electron chi connectivity index (χ1n) is 8.64. The summed E-state index contributed by atoms with van der Waals surface area (Å²) in [5, 5.41) is 0. The number of hydrogen-bond donors (Lipinski definition) is 1. The number of nitrogens with zero attached hydrogens (tertiary/aromatic N) is 1. The van der Waals surface area contributed by atoms with Gasteiger partial charge in [-0.05, 0) is 42.9 Å². The van der Waals surface area contributed by atoms with Crippen molar-refractivity contribution < 1.29 is 9.18 Å². The molecule has 1 atom stereocenters. The van der Waals surface area contributed by atoms with Gasteiger partial charge in [-0.15, -0.1) is 12.4 Å². The molecule has 1 unspecified atom stereocenters. The van der Waals surface area contributed by atoms with E-state index in [4.69, 9.17) is 5.73 Å². The van der Waals surface area contributed by atoms with Crippen molar-refractivity contribution in [2.75, 3.05) is 13.6 Å². The van der Waals surface area contributed by atoms with Crippen molar-refractivity contribution in [1.29, 1.82) is 0 Å². The molecule has 0 bridgehead atoms. The monoisotopic (exact) mass is 356 g/mol. The number of hydrogen-bond acceptors (Lipinski definition) is 2. The summed E-state index contributed by atoms with van der Waals surface area (Å²) in [6.07, 6.45) is 4.42. The highest BCUT2D eigenvalue weighted by Crippen LogP contribution is 2.42. The summed E-state index contributed by atoms with van der Waals surface area (Å²) in [5.41, 5.74) is 6.36. The molecule has 24 heavy (non-hydrogen) atoms. The van der Waals surface area contributed by atoms with Gasteiger partial charge < -0.3 is 10.6 Å². The fourth-order valence-corrected chi connectivity index (χ4v) is 3.53. The van der Waals surface area contributed by atoms with Crippen LogP contribution in [0.3, 0.4) is 0 Å². The highest BCUT2D eigenvalue weighted by atomic mass is 35.5. The molecule has 2 N–H and O–H groups in total. The molecule has 1 aromatic carbocycles. The third-order valence-corrected chi connectivity index (χ3v) is 5.24. The molecule has 0 spiro atoms. The van der Waals surface area contributed by atoms with Crippen LogP contribution in [0.15, 0.2) is 24.3 Å². The molecule has 2 rings (SSSR count). The van der Waals surface area contributed by atoms with Crippen LogP contribution in [0.25, 0.3) is 0 Å². The van der Waals surface area contributed by atoms with Crippen LogP contribution in [-0.2, 0) is 10.2 Å². The minimum atomic E-state index is -0.557. The Bertz CT molecular complexity index is 544. The molecule has 0 aliphatic heterocycles. The lowest BCUT2D eigenvalue weighted by Gasteiger charge is -2.33. The second-order valence-corrected chi connectivity index (χ2v) is 7.22. The Balaban J connectivity index is 0.00000288. The SMILES string of the molecule is CC(C)C(N)CCN(C)C(=O)C1(c2cccc(F)c2)CCCC1.Cl. The van der Waals surface area contributed by atoms with Crippen LogP contribution in [0.4, 0.5) is 4.39 Å². The van der Waals surface area contributed by atoms with Crippen LogP contribution < -0.4 is 5.73 Å². The smallest absolute Gasteiger partial charge is 0.232 e. The predicted octanol–water partition coefficient (Wildman–Crippen LogP) is 3.89. The van der Waals surface area contributed by atoms with Crippen molar-refractivity contribution in [2.45, 2.75) is 57.4 Å². The van der Waals surface area contributed by atoms with Crippen molar-refractivity contribution >= 4 is 18.3 Å². The van der Waals surface area contributed by atoms with Gasteiger partial charge in [-0.2, -0.15) is 0 Å². The van der Waals surface area contributed by atoms with Crippen molar-refractivity contribution in [3.8, 4) is 0 Å². The summed E-state index contributed by atoms with van der Waals surface area (Å²) in [7, 11) is 1.84. The van der Waals surface area contributed by atoms with E-state index in [0.717, 1.165) is 37.7 Å². The Labute approximate surface area is 151 Å². The van der Waals surface area contributed by atoms with Crippen molar-refractivity contribution in [1.82, 2.24) is 4.90 Å². The average molecular weight is 357 g/mol. The average Bonchev–Trinajstić information content (AvgIpc) is 3.02. The molecule has 1 aliphatic carbocycles. The predicted molar refractivity (Wildman–Crippen MR) is 98.9 cm³/mol. The molecule has 0 saturated heterocycles. The van der Waals surface area contributed by atoms with Crippen LogP contribution in [0, 0.1) is 11.7 Å². The number of likely N-dealkylation sites (N-methyl/N-ethyl adjacent to an activating group) is 1. The van der Waals surface area contributed by atoms with Crippen LogP contribution in [0.5, 0.6) is 0 Å². The van der Waals surface area contributed by atoms with E-state index in [1.54, 1.807) is 11.0 Å². The fraction of sp³-hybridized carbons (Fsp3) is 0.632. The van der Waals surface area contributed by atoms with Gasteiger partial charge in [0, 0.05) is 19.6 Å². The lowest BCUT2D eigenvalue weighted by molar-refractivity contribution is -0.136. The third kappa shape index (κ3) is 4.48. The molecular weight excluding hydrogens is 327 g/mol. The summed E-state index contributed by atoms with van der Waals surface area (Å²) in [5.74, 6) is 0.241. The molecule has 0 radical (unpaired) electrons. The first-order chi connectivity index (χ1) is 10.9. The van der Waals surface area contributed by atoms with Gasteiger partial charge in [0.1, 0.15) is 5.82 Å². The number of halogens is 2. The molecule has 0 aromatic heterocycles. The summed E-state index contributed by atoms with van der Waals surface area (Å²) in [6.45, 7) is 4.84. The molecule has 136 valence electrons. The topological polar surface area (TPSA) is 46.3 Å². The zero-order valence-electron chi connectivity index (χ0n) is 14.9. The Morgan fingerprint density at radius 1 is 1.33 bits per heavy atom. The molecule has 5 heteroatoms. The zero-order chi connectivity index (χ0) is 17.0. The largest absolute Gasteiger partial charge is 0.345 e. The second-order valence-electron chi connectivity index (χ2n) is 7.22. The van der Waals surface area contributed by atoms with Crippen LogP contribution in [0.1, 0.15) is 51.5 Å². The summed E-state index contributed by atoms with van der Waals surface area (Å²) < 4.78 is 13.7. The van der Waals surface area contributed by atoms with E-state index < -0.39 is 5.41 Å². The zero-order valence-corrected chi connectivity index (χ0v) is 15.7. The number of benzene rings is 1. The maximum absolute atomic E-state index is 13.7. The molecule has 1 aliphatic rings. The van der Waals surface area contributed by atoms with E-state index in [1.807, 2.05) is 13.1 Å². The number of nitrogens with two attached hydrogens (primary N) is 1. The number of carbonyl (C=O) groups is 1. The number of amides is 1. The van der Waals surface area contributed by atoms with Crippen molar-refractivity contribution in [2.24, 2.45) is 11.7 Å². The second kappa shape index (κ2) is 8.82. The summed E-state index contributed by atoms with van der Waals surface area (Å²) in [4.78, 5) is 14.9. The summed E-state index contributed by atoms with van der Waals surface area (Å²) in [6, 6.07) is 6.64. The van der Waals surface area contributed by atoms with Gasteiger partial charge in [0.05, 0.1) is 5.41 Å². The highest BCUT2D eigenvalue weighted by Gasteiger charge is 2.44. The normalized spacial score (nSPS) is 17.4. The lowest BCUT2D eigenvalue weighted by atomic mass is 9.77. The molecule has 1 fully saturated rings. The first-order valence-corrected chi connectivity index (χ1v) is 8.64. The van der Waals surface area contributed by atoms with E-state index in [1.165, 1.54) is 12.1 Å². The van der Waals surface area contributed by atoms with Gasteiger partial charge >= 0.3 is 0 Å². The first kappa shape index (κ1) is 20.9. The van der Waals surface area contributed by atoms with Crippen molar-refractivity contribution in [3.05, 3.63) is 35.6 Å². The maximum atomic E-state index is 13.7. The number of rotatable bonds is 6. The highest BCUT2D eigenvalue weighted by molar-refractivity contribution is 5.88. The van der Waals surface area contributed by atoms with Gasteiger partial charge in [0.15, 0.2) is 0 Å². The molecule has 1 amide bonds. The Morgan fingerprint density at radius 2 is 1.96 bits per heavy atom. The van der Waals surface area contributed by atoms with E-state index in [-0.39, 0.29) is 30.2 Å². The van der Waals surface area contributed by atoms with E-state index >= 15 is 0 Å². The minimum absolute atomic E-state index is 0. The molecule has 1 saturated carbocycles. The van der Waals surface area contributed by atoms with Gasteiger partial charge in [-0.25, -0.2) is 4.39 Å². The third-order valence-electron chi connectivity index (χ3n) is 5.24. The van der Waals surface area contributed by atoms with Gasteiger partial charge in [0.2, 0.25) is 5.91 Å². The summed E-state index contributed by atoms with van der Waals surface area (Å²) >= 11 is 0. The van der Waals surface area contributed by atoms with E-state index in [0.29, 0.717) is 12.5 Å². The van der Waals surface area contributed by atoms with Crippen molar-refractivity contribution in [3.63, 3.8) is 0 Å². The quantitative estimate of drug-likeness (QED) is 0.840. The Kier molecular flexibility index (Phi) is 7.68. The fourth-order valence-electron chi connectivity index (χ4n) is 3.53. The molecular formula is C19H30ClFN2O. The van der Waals surface area contributed by atoms with Crippen LogP contribution in [-0.4, -0.2) is 30.4 Å². The van der Waals surface area contributed by atoms with Crippen LogP contribution >= 0.6 is 12.4 Å². The maximum Gasteiger partial charge on any atom is 0.232 e. The Hall–Kier alpha value is -1.13. The van der Waals surface area contributed by atoms with E-state index in [9.17, 15) is 9.18 Å². The standard InChI is InChI=1S/C19H29FN2O.ClH/c1-14(2)17(21)9-12-22(3)18(23)19(10-4-5-11-19)15-7-6-8-16(20)13-15;/h6-8,13-14,17H,4-5,9-12,21H2,1-3H3;1H. The van der Waals surface area contributed by atoms with Gasteiger partial charge in [-0.3, -0.25) is 4.79 Å². The number of carbonyl (C=O) groups excluding carboxylic acids is 1. The van der Waals surface area contributed by atoms with E-state index in [2.05, 4.69) is 13.8 Å². The van der Waals surface area contributed by atoms with Crippen LogP contribution in [0.2, 0.25) is 0 Å². The molecule has 1 aromatic rings. The minimum Gasteiger partial charge on any atom is -0.345 e. The van der Waals surface area contributed by atoms with Gasteiger partial charge in [0.25, 0.3) is 0 Å². The Morgan fingerprint density at radius 3 is 2.50 bits per heavy atom. The lowest BCUT2D eigenvalue weighted by Crippen LogP contribution is -2.45.